The van der Waals surface area contributed by atoms with Gasteiger partial charge in [0.2, 0.25) is 5.88 Å². The first kappa shape index (κ1) is 20.8. The predicted octanol–water partition coefficient (Wildman–Crippen LogP) is 3.97. The van der Waals surface area contributed by atoms with E-state index in [0.717, 1.165) is 19.3 Å². The Hall–Kier alpha value is -3.47. The Balaban J connectivity index is 2.51. The van der Waals surface area contributed by atoms with Gasteiger partial charge in [0.15, 0.2) is 0 Å². The van der Waals surface area contributed by atoms with Gasteiger partial charge in [0.1, 0.15) is 17.3 Å². The molecule has 1 aromatic heterocycles. The van der Waals surface area contributed by atoms with E-state index >= 15 is 0 Å². The molecular formula is C20H22N4O4. The summed E-state index contributed by atoms with van der Waals surface area (Å²) < 4.78 is 1.17. The summed E-state index contributed by atoms with van der Waals surface area (Å²) in [7, 11) is 0. The summed E-state index contributed by atoms with van der Waals surface area (Å²) in [5.74, 6) is -0.291. The lowest BCUT2D eigenvalue weighted by Crippen LogP contribution is -2.25. The zero-order chi connectivity index (χ0) is 20.7. The van der Waals surface area contributed by atoms with E-state index in [9.17, 15) is 25.3 Å². The molecule has 0 aliphatic rings. The molecule has 0 atom stereocenters. The van der Waals surface area contributed by atoms with Gasteiger partial charge in [-0.15, -0.1) is 0 Å². The number of nitro groups is 1. The van der Waals surface area contributed by atoms with Crippen molar-refractivity contribution < 1.29 is 10.0 Å². The highest BCUT2D eigenvalue weighted by atomic mass is 16.6. The van der Waals surface area contributed by atoms with Gasteiger partial charge in [-0.2, -0.15) is 5.26 Å². The van der Waals surface area contributed by atoms with Gasteiger partial charge < -0.3 is 5.11 Å². The maximum absolute atomic E-state index is 12.5. The summed E-state index contributed by atoms with van der Waals surface area (Å²) in [4.78, 5) is 27.2. The van der Waals surface area contributed by atoms with Crippen LogP contribution in [0.2, 0.25) is 0 Å². The Kier molecular flexibility index (Phi) is 7.04. The average molecular weight is 382 g/mol. The third kappa shape index (κ3) is 4.43. The molecule has 0 spiro atoms. The van der Waals surface area contributed by atoms with E-state index in [1.807, 2.05) is 6.07 Å². The number of nitriles is 1. The lowest BCUT2D eigenvalue weighted by molar-refractivity contribution is -0.384. The van der Waals surface area contributed by atoms with E-state index in [1.54, 1.807) is 13.0 Å². The van der Waals surface area contributed by atoms with Crippen LogP contribution < -0.4 is 5.56 Å². The molecule has 2 rings (SSSR count). The van der Waals surface area contributed by atoms with Crippen LogP contribution in [0.4, 0.5) is 11.4 Å². The van der Waals surface area contributed by atoms with Gasteiger partial charge in [0, 0.05) is 18.8 Å². The molecular weight excluding hydrogens is 360 g/mol. The van der Waals surface area contributed by atoms with Crippen molar-refractivity contribution in [1.82, 2.24) is 4.57 Å². The number of rotatable bonds is 8. The zero-order valence-electron chi connectivity index (χ0n) is 15.9. The molecule has 0 aliphatic heterocycles. The van der Waals surface area contributed by atoms with Crippen molar-refractivity contribution in [3.8, 4) is 11.9 Å². The van der Waals surface area contributed by atoms with Crippen LogP contribution in [0.15, 0.2) is 34.1 Å². The Morgan fingerprint density at radius 2 is 2.04 bits per heavy atom. The fourth-order valence-corrected chi connectivity index (χ4v) is 2.89. The monoisotopic (exact) mass is 382 g/mol. The first-order valence-electron chi connectivity index (χ1n) is 9.06. The number of aliphatic imine (C=N–C) groups is 1. The van der Waals surface area contributed by atoms with Crippen LogP contribution in [-0.2, 0) is 6.54 Å². The van der Waals surface area contributed by atoms with Crippen LogP contribution in [0.3, 0.4) is 0 Å². The number of aromatic nitrogens is 1. The van der Waals surface area contributed by atoms with Crippen molar-refractivity contribution in [2.75, 3.05) is 0 Å². The van der Waals surface area contributed by atoms with Crippen LogP contribution in [0.1, 0.15) is 49.3 Å². The lowest BCUT2D eigenvalue weighted by atomic mass is 10.1. The number of pyridine rings is 1. The van der Waals surface area contributed by atoms with Crippen LogP contribution >= 0.6 is 0 Å². The normalized spacial score (nSPS) is 10.9. The minimum Gasteiger partial charge on any atom is -0.494 e. The first-order chi connectivity index (χ1) is 13.4. The molecule has 28 heavy (non-hydrogen) atoms. The summed E-state index contributed by atoms with van der Waals surface area (Å²) in [6, 6.07) is 7.84. The molecule has 8 heteroatoms. The van der Waals surface area contributed by atoms with Gasteiger partial charge in [-0.25, -0.2) is 4.99 Å². The van der Waals surface area contributed by atoms with Gasteiger partial charge in [-0.3, -0.25) is 19.5 Å². The third-order valence-electron chi connectivity index (χ3n) is 4.49. The Morgan fingerprint density at radius 1 is 1.32 bits per heavy atom. The second-order valence-corrected chi connectivity index (χ2v) is 6.37. The van der Waals surface area contributed by atoms with Crippen molar-refractivity contribution in [2.24, 2.45) is 4.99 Å². The van der Waals surface area contributed by atoms with Crippen molar-refractivity contribution in [3.05, 3.63) is 61.4 Å². The Labute approximate surface area is 162 Å². The van der Waals surface area contributed by atoms with Gasteiger partial charge in [0.05, 0.1) is 10.5 Å². The van der Waals surface area contributed by atoms with Gasteiger partial charge in [-0.05, 0) is 25.0 Å². The van der Waals surface area contributed by atoms with Gasteiger partial charge in [0.25, 0.3) is 11.2 Å². The standard InChI is InChI=1S/C20H22N4O4/c1-3-4-5-8-11-23-19(25)15(12-21)14(2)16(20(23)26)13-22-17-9-6-7-10-18(17)24(27)28/h6-7,9-10,13,26H,3-5,8,11H2,1-2H3. The van der Waals surface area contributed by atoms with Gasteiger partial charge in [-0.1, -0.05) is 38.3 Å². The molecule has 146 valence electrons. The molecule has 1 N–H and O–H groups in total. The van der Waals surface area contributed by atoms with Crippen molar-refractivity contribution >= 4 is 17.6 Å². The summed E-state index contributed by atoms with van der Waals surface area (Å²) in [5.41, 5.74) is -0.189. The molecule has 0 aliphatic carbocycles. The molecule has 0 radical (unpaired) electrons. The summed E-state index contributed by atoms with van der Waals surface area (Å²) >= 11 is 0. The maximum atomic E-state index is 12.5. The average Bonchev–Trinajstić information content (AvgIpc) is 2.67. The molecule has 1 aromatic carbocycles. The number of benzene rings is 1. The number of aromatic hydroxyl groups is 1. The number of para-hydroxylation sites is 2. The number of hydrogen-bond acceptors (Lipinski definition) is 6. The van der Waals surface area contributed by atoms with E-state index in [0.29, 0.717) is 6.42 Å². The largest absolute Gasteiger partial charge is 0.494 e. The number of nitro benzene ring substituents is 1. The fourth-order valence-electron chi connectivity index (χ4n) is 2.89. The minimum absolute atomic E-state index is 0.0719. The molecule has 0 unspecified atom stereocenters. The van der Waals surface area contributed by atoms with Crippen LogP contribution in [-0.4, -0.2) is 20.8 Å². The topological polar surface area (TPSA) is 122 Å². The molecule has 0 amide bonds. The number of hydrogen-bond donors (Lipinski definition) is 1. The maximum Gasteiger partial charge on any atom is 0.294 e. The summed E-state index contributed by atoms with van der Waals surface area (Å²) in [5, 5.41) is 31.1. The quantitative estimate of drug-likeness (QED) is 0.320. The van der Waals surface area contributed by atoms with E-state index in [2.05, 4.69) is 11.9 Å². The zero-order valence-corrected chi connectivity index (χ0v) is 15.9. The highest BCUT2D eigenvalue weighted by molar-refractivity contribution is 5.88. The van der Waals surface area contributed by atoms with E-state index < -0.39 is 10.5 Å². The summed E-state index contributed by atoms with van der Waals surface area (Å²) in [6.07, 6.45) is 4.90. The summed E-state index contributed by atoms with van der Waals surface area (Å²) in [6.45, 7) is 3.90. The molecule has 2 aromatic rings. The smallest absolute Gasteiger partial charge is 0.294 e. The molecule has 0 bridgehead atoms. The third-order valence-corrected chi connectivity index (χ3v) is 4.49. The van der Waals surface area contributed by atoms with E-state index in [-0.39, 0.29) is 40.5 Å². The molecule has 0 saturated heterocycles. The van der Waals surface area contributed by atoms with Crippen LogP contribution in [0.5, 0.6) is 5.88 Å². The molecule has 8 nitrogen and oxygen atoms in total. The number of unbranched alkanes of at least 4 members (excludes halogenated alkanes) is 3. The Morgan fingerprint density at radius 3 is 2.68 bits per heavy atom. The highest BCUT2D eigenvalue weighted by Gasteiger charge is 2.18. The second kappa shape index (κ2) is 9.46. The van der Waals surface area contributed by atoms with Crippen LogP contribution in [0.25, 0.3) is 0 Å². The minimum atomic E-state index is -0.547. The van der Waals surface area contributed by atoms with Crippen LogP contribution in [0, 0.1) is 28.4 Å². The lowest BCUT2D eigenvalue weighted by Gasteiger charge is -2.13. The SMILES string of the molecule is CCCCCCn1c(O)c(C=Nc2ccccc2[N+](=O)[O-])c(C)c(C#N)c1=O. The number of nitrogens with zero attached hydrogens (tertiary/aromatic N) is 4. The van der Waals surface area contributed by atoms with Crippen molar-refractivity contribution in [2.45, 2.75) is 46.1 Å². The fraction of sp³-hybridized carbons (Fsp3) is 0.350. The molecule has 0 fully saturated rings. The highest BCUT2D eigenvalue weighted by Crippen LogP contribution is 2.27. The second-order valence-electron chi connectivity index (χ2n) is 6.37. The van der Waals surface area contributed by atoms with Crippen molar-refractivity contribution in [1.29, 1.82) is 5.26 Å². The Bertz CT molecular complexity index is 1000. The van der Waals surface area contributed by atoms with E-state index in [1.165, 1.54) is 29.0 Å². The van der Waals surface area contributed by atoms with Crippen molar-refractivity contribution in [3.63, 3.8) is 0 Å². The van der Waals surface area contributed by atoms with Gasteiger partial charge >= 0.3 is 0 Å². The molecule has 1 heterocycles. The predicted molar refractivity (Wildman–Crippen MR) is 106 cm³/mol. The molecule has 0 saturated carbocycles. The van der Waals surface area contributed by atoms with E-state index in [4.69, 9.17) is 0 Å². The first-order valence-corrected chi connectivity index (χ1v) is 9.06.